The van der Waals surface area contributed by atoms with Crippen molar-refractivity contribution in [3.8, 4) is 11.5 Å². The molecular weight excluding hydrogens is 334 g/mol. The lowest BCUT2D eigenvalue weighted by Crippen LogP contribution is -2.30. The number of carbonyl (C=O) groups excluding carboxylic acids is 1. The van der Waals surface area contributed by atoms with Crippen LogP contribution in [0.3, 0.4) is 0 Å². The number of carboxylic acids is 1. The lowest BCUT2D eigenvalue weighted by atomic mass is 10.0. The molecule has 0 saturated carbocycles. The zero-order valence-corrected chi connectivity index (χ0v) is 14.9. The summed E-state index contributed by atoms with van der Waals surface area (Å²) in [6, 6.07) is 13.1. The molecule has 1 atom stereocenters. The number of nitrogens with one attached hydrogen (secondary N) is 1. The summed E-state index contributed by atoms with van der Waals surface area (Å²) in [6.07, 6.45) is 0.693. The molecule has 6 heteroatoms. The summed E-state index contributed by atoms with van der Waals surface area (Å²) in [5.41, 5.74) is 1.14. The van der Waals surface area contributed by atoms with Crippen LogP contribution >= 0.6 is 0 Å². The van der Waals surface area contributed by atoms with Crippen LogP contribution in [0.15, 0.2) is 48.5 Å². The molecule has 1 amide bonds. The van der Waals surface area contributed by atoms with Crippen molar-refractivity contribution in [1.29, 1.82) is 0 Å². The average molecular weight is 357 g/mol. The smallest absolute Gasteiger partial charge is 0.305 e. The number of benzene rings is 2. The van der Waals surface area contributed by atoms with Crippen LogP contribution in [0.25, 0.3) is 0 Å². The van der Waals surface area contributed by atoms with Gasteiger partial charge in [-0.05, 0) is 48.4 Å². The molecule has 0 aromatic heterocycles. The highest BCUT2D eigenvalue weighted by Crippen LogP contribution is 2.22. The molecule has 0 aliphatic carbocycles. The maximum Gasteiger partial charge on any atom is 0.305 e. The molecule has 2 aromatic carbocycles. The van der Waals surface area contributed by atoms with Gasteiger partial charge in [-0.3, -0.25) is 9.59 Å². The van der Waals surface area contributed by atoms with Crippen LogP contribution in [0.5, 0.6) is 11.5 Å². The first-order valence-corrected chi connectivity index (χ1v) is 8.43. The zero-order valence-electron chi connectivity index (χ0n) is 14.9. The molecule has 0 spiro atoms. The van der Waals surface area contributed by atoms with E-state index in [0.29, 0.717) is 29.2 Å². The van der Waals surface area contributed by atoms with Gasteiger partial charge in [-0.15, -0.1) is 0 Å². The molecule has 0 bridgehead atoms. The van der Waals surface area contributed by atoms with Gasteiger partial charge in [0.05, 0.1) is 26.2 Å². The molecule has 2 N–H and O–H groups in total. The molecular formula is C20H23NO5. The molecule has 0 aliphatic heterocycles. The van der Waals surface area contributed by atoms with Gasteiger partial charge in [0.25, 0.3) is 5.91 Å². The fourth-order valence-corrected chi connectivity index (χ4v) is 2.43. The van der Waals surface area contributed by atoms with Crippen molar-refractivity contribution < 1.29 is 24.2 Å². The minimum Gasteiger partial charge on any atom is -0.497 e. The minimum absolute atomic E-state index is 0.211. The van der Waals surface area contributed by atoms with Gasteiger partial charge in [0, 0.05) is 5.56 Å². The molecule has 1 unspecified atom stereocenters. The summed E-state index contributed by atoms with van der Waals surface area (Å²) < 4.78 is 10.6. The molecule has 6 nitrogen and oxygen atoms in total. The summed E-state index contributed by atoms with van der Waals surface area (Å²) in [6.45, 7) is 2.64. The predicted octanol–water partition coefficient (Wildman–Crippen LogP) is 3.43. The van der Waals surface area contributed by atoms with Crippen molar-refractivity contribution >= 4 is 11.9 Å². The van der Waals surface area contributed by atoms with Gasteiger partial charge in [0.2, 0.25) is 0 Å². The summed E-state index contributed by atoms with van der Waals surface area (Å²) in [4.78, 5) is 23.6. The molecule has 2 rings (SSSR count). The van der Waals surface area contributed by atoms with Crippen LogP contribution in [0.2, 0.25) is 0 Å². The van der Waals surface area contributed by atoms with E-state index in [4.69, 9.17) is 9.47 Å². The predicted molar refractivity (Wildman–Crippen MR) is 97.7 cm³/mol. The van der Waals surface area contributed by atoms with E-state index in [1.165, 1.54) is 0 Å². The second kappa shape index (κ2) is 9.46. The normalized spacial score (nSPS) is 11.5. The highest BCUT2D eigenvalue weighted by atomic mass is 16.5. The first-order chi connectivity index (χ1) is 12.5. The highest BCUT2D eigenvalue weighted by molar-refractivity contribution is 5.94. The Labute approximate surface area is 152 Å². The van der Waals surface area contributed by atoms with Crippen molar-refractivity contribution in [1.82, 2.24) is 5.32 Å². The monoisotopic (exact) mass is 357 g/mol. The van der Waals surface area contributed by atoms with Gasteiger partial charge in [-0.25, -0.2) is 0 Å². The first-order valence-electron chi connectivity index (χ1n) is 8.43. The summed E-state index contributed by atoms with van der Waals surface area (Å²) >= 11 is 0. The third kappa shape index (κ3) is 5.51. The van der Waals surface area contributed by atoms with Crippen LogP contribution in [0.1, 0.15) is 41.7 Å². The van der Waals surface area contributed by atoms with Crippen LogP contribution in [-0.4, -0.2) is 30.7 Å². The van der Waals surface area contributed by atoms with E-state index in [2.05, 4.69) is 5.32 Å². The van der Waals surface area contributed by atoms with E-state index in [1.807, 2.05) is 6.92 Å². The molecule has 0 heterocycles. The van der Waals surface area contributed by atoms with E-state index >= 15 is 0 Å². The number of hydrogen-bond acceptors (Lipinski definition) is 4. The Balaban J connectivity index is 2.12. The topological polar surface area (TPSA) is 84.9 Å². The lowest BCUT2D eigenvalue weighted by Gasteiger charge is -2.18. The van der Waals surface area contributed by atoms with Crippen molar-refractivity contribution in [2.24, 2.45) is 0 Å². The summed E-state index contributed by atoms with van der Waals surface area (Å²) in [5.74, 6) is 0.0269. The zero-order chi connectivity index (χ0) is 18.9. The Hall–Kier alpha value is -3.02. The van der Waals surface area contributed by atoms with E-state index in [1.54, 1.807) is 55.6 Å². The minimum atomic E-state index is -0.989. The number of carboxylic acid groups (broad SMARTS) is 1. The molecule has 0 fully saturated rings. The Morgan fingerprint density at radius 3 is 2.19 bits per heavy atom. The lowest BCUT2D eigenvalue weighted by molar-refractivity contribution is -0.137. The fraction of sp³-hybridized carbons (Fsp3) is 0.300. The number of carbonyl (C=O) groups is 2. The maximum absolute atomic E-state index is 12.4. The molecule has 0 radical (unpaired) electrons. The van der Waals surface area contributed by atoms with Gasteiger partial charge in [-0.1, -0.05) is 19.1 Å². The number of aliphatic carboxylic acids is 1. The average Bonchev–Trinajstić information content (AvgIpc) is 2.66. The molecule has 138 valence electrons. The number of methoxy groups -OCH3 is 1. The highest BCUT2D eigenvalue weighted by Gasteiger charge is 2.19. The van der Waals surface area contributed by atoms with Crippen LogP contribution in [0, 0.1) is 0 Å². The van der Waals surface area contributed by atoms with Crippen LogP contribution < -0.4 is 14.8 Å². The Morgan fingerprint density at radius 2 is 1.65 bits per heavy atom. The molecule has 0 saturated heterocycles. The van der Waals surface area contributed by atoms with E-state index < -0.39 is 12.0 Å². The quantitative estimate of drug-likeness (QED) is 0.718. The van der Waals surface area contributed by atoms with Gasteiger partial charge >= 0.3 is 5.97 Å². The fourth-order valence-electron chi connectivity index (χ4n) is 2.43. The van der Waals surface area contributed by atoms with Crippen molar-refractivity contribution in [2.45, 2.75) is 25.8 Å². The van der Waals surface area contributed by atoms with Crippen molar-refractivity contribution in [3.63, 3.8) is 0 Å². The van der Waals surface area contributed by atoms with E-state index in [0.717, 1.165) is 6.42 Å². The Morgan fingerprint density at radius 1 is 1.04 bits per heavy atom. The number of rotatable bonds is 9. The molecule has 0 aliphatic rings. The standard InChI is InChI=1S/C20H23NO5/c1-3-12-26-17-10-4-14(5-11-17)18(13-19(22)23)21-20(24)15-6-8-16(25-2)9-7-15/h4-11,18H,3,12-13H2,1-2H3,(H,21,24)(H,22,23). The van der Waals surface area contributed by atoms with Gasteiger partial charge in [-0.2, -0.15) is 0 Å². The maximum atomic E-state index is 12.4. The van der Waals surface area contributed by atoms with Gasteiger partial charge in [0.15, 0.2) is 0 Å². The third-order valence-corrected chi connectivity index (χ3v) is 3.79. The Kier molecular flexibility index (Phi) is 7.02. The first kappa shape index (κ1) is 19.3. The Bertz CT molecular complexity index is 725. The molecule has 2 aromatic rings. The van der Waals surface area contributed by atoms with E-state index in [9.17, 15) is 14.7 Å². The number of amides is 1. The van der Waals surface area contributed by atoms with Gasteiger partial charge in [0.1, 0.15) is 11.5 Å². The largest absolute Gasteiger partial charge is 0.497 e. The summed E-state index contributed by atoms with van der Waals surface area (Å²) in [7, 11) is 1.55. The van der Waals surface area contributed by atoms with E-state index in [-0.39, 0.29) is 12.3 Å². The second-order valence-electron chi connectivity index (χ2n) is 5.77. The van der Waals surface area contributed by atoms with Crippen molar-refractivity contribution in [2.75, 3.05) is 13.7 Å². The number of ether oxygens (including phenoxy) is 2. The molecule has 26 heavy (non-hydrogen) atoms. The van der Waals surface area contributed by atoms with Crippen molar-refractivity contribution in [3.05, 3.63) is 59.7 Å². The van der Waals surface area contributed by atoms with Crippen LogP contribution in [-0.2, 0) is 4.79 Å². The third-order valence-electron chi connectivity index (χ3n) is 3.79. The second-order valence-corrected chi connectivity index (χ2v) is 5.77. The van der Waals surface area contributed by atoms with Gasteiger partial charge < -0.3 is 19.9 Å². The SMILES string of the molecule is CCCOc1ccc(C(CC(=O)O)NC(=O)c2ccc(OC)cc2)cc1. The number of hydrogen-bond donors (Lipinski definition) is 2. The van der Waals surface area contributed by atoms with Crippen LogP contribution in [0.4, 0.5) is 0 Å². The summed E-state index contributed by atoms with van der Waals surface area (Å²) in [5, 5.41) is 12.0.